The van der Waals surface area contributed by atoms with E-state index in [0.717, 1.165) is 18.7 Å². The van der Waals surface area contributed by atoms with Crippen molar-refractivity contribution in [3.63, 3.8) is 0 Å². The van der Waals surface area contributed by atoms with Crippen LogP contribution < -0.4 is 16.4 Å². The van der Waals surface area contributed by atoms with Crippen LogP contribution in [0.1, 0.15) is 41.0 Å². The fourth-order valence-electron chi connectivity index (χ4n) is 1.98. The van der Waals surface area contributed by atoms with Crippen LogP contribution in [0.4, 0.5) is 0 Å². The first-order valence-corrected chi connectivity index (χ1v) is 6.84. The summed E-state index contributed by atoms with van der Waals surface area (Å²) in [6.07, 6.45) is 1.59. The molecular formula is C15H29N3O2. The summed E-state index contributed by atoms with van der Waals surface area (Å²) in [5, 5.41) is 5.42. The maximum absolute atomic E-state index is 9.06. The minimum atomic E-state index is -0.0565. The monoisotopic (exact) mass is 283 g/mol. The summed E-state index contributed by atoms with van der Waals surface area (Å²) in [5.41, 5.74) is 10.6. The molecule has 0 saturated carbocycles. The molecule has 1 amide bonds. The van der Waals surface area contributed by atoms with Crippen LogP contribution in [0.5, 0.6) is 0 Å². The Morgan fingerprint density at radius 3 is 2.45 bits per heavy atom. The van der Waals surface area contributed by atoms with Crippen LogP contribution in [-0.2, 0) is 9.53 Å². The highest BCUT2D eigenvalue weighted by molar-refractivity contribution is 5.44. The van der Waals surface area contributed by atoms with E-state index >= 15 is 0 Å². The lowest BCUT2D eigenvalue weighted by atomic mass is 9.87. The van der Waals surface area contributed by atoms with Gasteiger partial charge >= 0.3 is 0 Å². The number of allylic oxidation sites excluding steroid dienone is 2. The molecule has 1 aliphatic heterocycles. The third-order valence-electron chi connectivity index (χ3n) is 3.30. The van der Waals surface area contributed by atoms with E-state index in [1.807, 2.05) is 0 Å². The molecule has 1 heterocycles. The average molecular weight is 283 g/mol. The van der Waals surface area contributed by atoms with Crippen molar-refractivity contribution in [3.05, 3.63) is 22.4 Å². The highest BCUT2D eigenvalue weighted by atomic mass is 16.5. The Kier molecular flexibility index (Phi) is 8.18. The first kappa shape index (κ1) is 18.7. The molecule has 0 aliphatic carbocycles. The van der Waals surface area contributed by atoms with Gasteiger partial charge in [-0.2, -0.15) is 0 Å². The molecule has 20 heavy (non-hydrogen) atoms. The van der Waals surface area contributed by atoms with Crippen LogP contribution in [0.3, 0.4) is 0 Å². The molecule has 4 N–H and O–H groups in total. The summed E-state index contributed by atoms with van der Waals surface area (Å²) in [5.74, 6) is 0. The number of hydrogen-bond acceptors (Lipinski definition) is 4. The minimum absolute atomic E-state index is 0.0565. The van der Waals surface area contributed by atoms with Crippen molar-refractivity contribution >= 4 is 6.41 Å². The van der Waals surface area contributed by atoms with Gasteiger partial charge in [-0.15, -0.1) is 0 Å². The van der Waals surface area contributed by atoms with Crippen LogP contribution >= 0.6 is 0 Å². The maximum atomic E-state index is 9.06. The molecule has 0 saturated heterocycles. The Bertz CT molecular complexity index is 385. The number of hydrogen-bond donors (Lipinski definition) is 3. The van der Waals surface area contributed by atoms with Gasteiger partial charge in [-0.1, -0.05) is 0 Å². The zero-order chi connectivity index (χ0) is 15.8. The van der Waals surface area contributed by atoms with Gasteiger partial charge in [-0.3, -0.25) is 4.79 Å². The summed E-state index contributed by atoms with van der Waals surface area (Å²) in [7, 11) is 1.56. The van der Waals surface area contributed by atoms with Gasteiger partial charge in [0.15, 0.2) is 0 Å². The number of rotatable bonds is 4. The molecule has 0 bridgehead atoms. The molecule has 0 unspecified atom stereocenters. The minimum Gasteiger partial charge on any atom is -0.376 e. The van der Waals surface area contributed by atoms with Crippen molar-refractivity contribution in [2.45, 2.75) is 46.6 Å². The standard InChI is InChI=1S/C13H24N2O.C2H5NO/c1-9-7-16-13(4,5)6-12(9)10(2)11(3)15-8-14;1-3-2-4/h15H,6-8,14H2,1-5H3;2H,1H3,(H,3,4)/b11-10+;. The molecule has 1 aliphatic rings. The van der Waals surface area contributed by atoms with Crippen LogP contribution in [0, 0.1) is 0 Å². The Hall–Kier alpha value is -1.33. The quantitative estimate of drug-likeness (QED) is 0.542. The molecule has 0 fully saturated rings. The van der Waals surface area contributed by atoms with Gasteiger partial charge in [0.2, 0.25) is 6.41 Å². The van der Waals surface area contributed by atoms with Crippen LogP contribution in [-0.4, -0.2) is 32.3 Å². The number of nitrogens with one attached hydrogen (secondary N) is 2. The molecular weight excluding hydrogens is 254 g/mol. The lowest BCUT2D eigenvalue weighted by Gasteiger charge is -2.33. The molecule has 0 aromatic carbocycles. The van der Waals surface area contributed by atoms with Crippen molar-refractivity contribution < 1.29 is 9.53 Å². The van der Waals surface area contributed by atoms with E-state index in [9.17, 15) is 0 Å². The molecule has 5 nitrogen and oxygen atoms in total. The highest BCUT2D eigenvalue weighted by Crippen LogP contribution is 2.33. The van der Waals surface area contributed by atoms with Gasteiger partial charge in [-0.25, -0.2) is 0 Å². The Balaban J connectivity index is 0.000000796. The van der Waals surface area contributed by atoms with Gasteiger partial charge < -0.3 is 21.1 Å². The van der Waals surface area contributed by atoms with E-state index in [4.69, 9.17) is 15.3 Å². The molecule has 0 aromatic rings. The number of nitrogens with two attached hydrogens (primary N) is 1. The van der Waals surface area contributed by atoms with E-state index in [-0.39, 0.29) is 5.60 Å². The fraction of sp³-hybridized carbons (Fsp3) is 0.667. The Morgan fingerprint density at radius 2 is 2.00 bits per heavy atom. The average Bonchev–Trinajstić information content (AvgIpc) is 2.41. The summed E-state index contributed by atoms with van der Waals surface area (Å²) >= 11 is 0. The van der Waals surface area contributed by atoms with Gasteiger partial charge in [0.1, 0.15) is 0 Å². The Morgan fingerprint density at radius 1 is 1.45 bits per heavy atom. The molecule has 0 spiro atoms. The molecule has 0 radical (unpaired) electrons. The van der Waals surface area contributed by atoms with Crippen LogP contribution in [0.25, 0.3) is 0 Å². The predicted octanol–water partition coefficient (Wildman–Crippen LogP) is 1.66. The second kappa shape index (κ2) is 8.76. The van der Waals surface area contributed by atoms with E-state index in [1.165, 1.54) is 16.7 Å². The van der Waals surface area contributed by atoms with Crippen molar-refractivity contribution in [1.82, 2.24) is 10.6 Å². The second-order valence-electron chi connectivity index (χ2n) is 5.52. The van der Waals surface area contributed by atoms with Gasteiger partial charge in [0.05, 0.1) is 18.9 Å². The van der Waals surface area contributed by atoms with Gasteiger partial charge in [-0.05, 0) is 51.3 Å². The van der Waals surface area contributed by atoms with E-state index < -0.39 is 0 Å². The van der Waals surface area contributed by atoms with Crippen molar-refractivity contribution in [1.29, 1.82) is 0 Å². The van der Waals surface area contributed by atoms with Crippen molar-refractivity contribution in [2.75, 3.05) is 20.3 Å². The smallest absolute Gasteiger partial charge is 0.206 e. The topological polar surface area (TPSA) is 76.4 Å². The molecule has 0 atom stereocenters. The van der Waals surface area contributed by atoms with Crippen LogP contribution in [0.2, 0.25) is 0 Å². The van der Waals surface area contributed by atoms with Crippen LogP contribution in [0.15, 0.2) is 22.4 Å². The largest absolute Gasteiger partial charge is 0.376 e. The summed E-state index contributed by atoms with van der Waals surface area (Å²) in [6, 6.07) is 0. The summed E-state index contributed by atoms with van der Waals surface area (Å²) in [4.78, 5) is 9.06. The first-order chi connectivity index (χ1) is 9.29. The molecule has 5 heteroatoms. The lowest BCUT2D eigenvalue weighted by molar-refractivity contribution is -0.109. The fourth-order valence-corrected chi connectivity index (χ4v) is 1.98. The summed E-state index contributed by atoms with van der Waals surface area (Å²) in [6.45, 7) is 11.9. The van der Waals surface area contributed by atoms with Gasteiger partial charge in [0.25, 0.3) is 0 Å². The molecule has 1 rings (SSSR count). The van der Waals surface area contributed by atoms with E-state index in [1.54, 1.807) is 7.05 Å². The van der Waals surface area contributed by atoms with Gasteiger partial charge in [0, 0.05) is 19.2 Å². The summed E-state index contributed by atoms with van der Waals surface area (Å²) < 4.78 is 5.77. The zero-order valence-corrected chi connectivity index (χ0v) is 13.6. The normalized spacial score (nSPS) is 18.6. The third-order valence-corrected chi connectivity index (χ3v) is 3.30. The lowest BCUT2D eigenvalue weighted by Crippen LogP contribution is -2.31. The van der Waals surface area contributed by atoms with E-state index in [0.29, 0.717) is 13.1 Å². The highest BCUT2D eigenvalue weighted by Gasteiger charge is 2.27. The molecule has 116 valence electrons. The maximum Gasteiger partial charge on any atom is 0.206 e. The van der Waals surface area contributed by atoms with Crippen molar-refractivity contribution in [2.24, 2.45) is 5.73 Å². The van der Waals surface area contributed by atoms with E-state index in [2.05, 4.69) is 45.3 Å². The zero-order valence-electron chi connectivity index (χ0n) is 13.6. The SMILES string of the molecule is CC1=C(/C(C)=C(\C)NCN)CC(C)(C)OC1.CNC=O. The first-order valence-electron chi connectivity index (χ1n) is 6.84. The number of amides is 1. The predicted molar refractivity (Wildman–Crippen MR) is 83.0 cm³/mol. The number of carbonyl (C=O) groups excluding carboxylic acids is 1. The Labute approximate surface area is 122 Å². The number of ether oxygens (including phenoxy) is 1. The molecule has 0 aromatic heterocycles. The van der Waals surface area contributed by atoms with Crippen molar-refractivity contribution in [3.8, 4) is 0 Å². The third kappa shape index (κ3) is 6.21. The number of carbonyl (C=O) groups is 1. The second-order valence-corrected chi connectivity index (χ2v) is 5.52.